The first-order valence-electron chi connectivity index (χ1n) is 6.02. The molecule has 106 valence electrons. The Hall–Kier alpha value is -2.06. The fourth-order valence-corrected chi connectivity index (χ4v) is 2.11. The zero-order valence-electron chi connectivity index (χ0n) is 10.9. The maximum Gasteiger partial charge on any atom is 0.256 e. The van der Waals surface area contributed by atoms with E-state index in [2.05, 4.69) is 22.1 Å². The van der Waals surface area contributed by atoms with E-state index in [4.69, 9.17) is 28.9 Å². The van der Waals surface area contributed by atoms with Gasteiger partial charge in [-0.1, -0.05) is 35.2 Å². The van der Waals surface area contributed by atoms with E-state index >= 15 is 0 Å². The molecule has 0 bridgehead atoms. The molecule has 0 aliphatic heterocycles. The highest BCUT2D eigenvalue weighted by Gasteiger charge is 2.09. The number of hydrogen-bond donors (Lipinski definition) is 2. The first kappa shape index (κ1) is 15.3. The van der Waals surface area contributed by atoms with Gasteiger partial charge < -0.3 is 11.1 Å². The second-order valence-electron chi connectivity index (χ2n) is 4.03. The standard InChI is InChI=1S/C15H11Cl2N3O/c16-11-7-10(8-12(17)9-11)15(21)20-14-5-1-3-13(19-14)4-2-6-18/h1,3,5,7-9H,6,18H2,(H,19,20,21). The number of anilines is 1. The number of pyridine rings is 1. The molecule has 21 heavy (non-hydrogen) atoms. The second-order valence-corrected chi connectivity index (χ2v) is 4.90. The summed E-state index contributed by atoms with van der Waals surface area (Å²) in [6.45, 7) is 0.249. The summed E-state index contributed by atoms with van der Waals surface area (Å²) in [5.74, 6) is 5.53. The number of rotatable bonds is 2. The predicted molar refractivity (Wildman–Crippen MR) is 84.6 cm³/mol. The van der Waals surface area contributed by atoms with Crippen LogP contribution in [0.2, 0.25) is 10.0 Å². The third-order valence-electron chi connectivity index (χ3n) is 2.43. The van der Waals surface area contributed by atoms with E-state index in [0.29, 0.717) is 27.1 Å². The summed E-state index contributed by atoms with van der Waals surface area (Å²) >= 11 is 11.7. The molecule has 0 radical (unpaired) electrons. The molecule has 0 aliphatic carbocycles. The van der Waals surface area contributed by atoms with Crippen molar-refractivity contribution in [3.8, 4) is 11.8 Å². The Bertz CT molecular complexity index is 715. The number of carbonyl (C=O) groups is 1. The average Bonchev–Trinajstić information content (AvgIpc) is 2.44. The average molecular weight is 320 g/mol. The Morgan fingerprint density at radius 3 is 2.62 bits per heavy atom. The number of nitrogens with two attached hydrogens (primary N) is 1. The molecule has 2 aromatic rings. The maximum atomic E-state index is 12.1. The lowest BCUT2D eigenvalue weighted by Gasteiger charge is -2.05. The summed E-state index contributed by atoms with van der Waals surface area (Å²) in [6, 6.07) is 9.75. The van der Waals surface area contributed by atoms with Gasteiger partial charge in [0.1, 0.15) is 11.5 Å². The number of halogens is 2. The first-order valence-corrected chi connectivity index (χ1v) is 6.77. The van der Waals surface area contributed by atoms with Gasteiger partial charge in [0, 0.05) is 15.6 Å². The molecule has 1 aromatic heterocycles. The molecule has 1 amide bonds. The molecular weight excluding hydrogens is 309 g/mol. The second kappa shape index (κ2) is 7.09. The van der Waals surface area contributed by atoms with Crippen molar-refractivity contribution < 1.29 is 4.79 Å². The molecule has 0 saturated heterocycles. The van der Waals surface area contributed by atoms with Crippen molar-refractivity contribution in [1.82, 2.24) is 4.98 Å². The molecule has 2 rings (SSSR count). The van der Waals surface area contributed by atoms with Crippen molar-refractivity contribution in [2.75, 3.05) is 11.9 Å². The zero-order valence-corrected chi connectivity index (χ0v) is 12.4. The van der Waals surface area contributed by atoms with Gasteiger partial charge in [0.05, 0.1) is 6.54 Å². The van der Waals surface area contributed by atoms with Crippen LogP contribution in [0.4, 0.5) is 5.82 Å². The van der Waals surface area contributed by atoms with E-state index < -0.39 is 0 Å². The number of benzene rings is 1. The Kier molecular flexibility index (Phi) is 5.18. The van der Waals surface area contributed by atoms with Gasteiger partial charge in [0.15, 0.2) is 0 Å². The summed E-state index contributed by atoms with van der Waals surface area (Å²) in [5.41, 5.74) is 6.19. The van der Waals surface area contributed by atoms with Gasteiger partial charge in [0.25, 0.3) is 5.91 Å². The lowest BCUT2D eigenvalue weighted by molar-refractivity contribution is 0.102. The maximum absolute atomic E-state index is 12.1. The quantitative estimate of drug-likeness (QED) is 0.836. The summed E-state index contributed by atoms with van der Waals surface area (Å²) in [5, 5.41) is 3.45. The molecule has 0 saturated carbocycles. The number of nitrogens with zero attached hydrogens (tertiary/aromatic N) is 1. The van der Waals surface area contributed by atoms with Crippen LogP contribution >= 0.6 is 23.2 Å². The minimum Gasteiger partial charge on any atom is -0.320 e. The third kappa shape index (κ3) is 4.47. The lowest BCUT2D eigenvalue weighted by atomic mass is 10.2. The van der Waals surface area contributed by atoms with Crippen molar-refractivity contribution in [2.24, 2.45) is 5.73 Å². The van der Waals surface area contributed by atoms with Gasteiger partial charge in [-0.3, -0.25) is 4.79 Å². The molecule has 1 aromatic carbocycles. The number of amides is 1. The Balaban J connectivity index is 2.19. The van der Waals surface area contributed by atoms with E-state index in [1.165, 1.54) is 12.1 Å². The topological polar surface area (TPSA) is 68.0 Å². The molecule has 6 heteroatoms. The van der Waals surface area contributed by atoms with Crippen LogP contribution in [0.3, 0.4) is 0 Å². The highest BCUT2D eigenvalue weighted by atomic mass is 35.5. The van der Waals surface area contributed by atoms with Crippen LogP contribution in [0.25, 0.3) is 0 Å². The van der Waals surface area contributed by atoms with Crippen LogP contribution in [0.15, 0.2) is 36.4 Å². The molecule has 0 atom stereocenters. The Labute approximate surface area is 132 Å². The van der Waals surface area contributed by atoms with Gasteiger partial charge in [-0.15, -0.1) is 0 Å². The van der Waals surface area contributed by atoms with Crippen LogP contribution in [0.1, 0.15) is 16.1 Å². The van der Waals surface area contributed by atoms with E-state index in [1.807, 2.05) is 0 Å². The Morgan fingerprint density at radius 1 is 1.24 bits per heavy atom. The van der Waals surface area contributed by atoms with Crippen molar-refractivity contribution in [2.45, 2.75) is 0 Å². The van der Waals surface area contributed by atoms with Crippen LogP contribution < -0.4 is 11.1 Å². The lowest BCUT2D eigenvalue weighted by Crippen LogP contribution is -2.13. The highest BCUT2D eigenvalue weighted by Crippen LogP contribution is 2.19. The van der Waals surface area contributed by atoms with Crippen molar-refractivity contribution in [3.05, 3.63) is 57.7 Å². The summed E-state index contributed by atoms with van der Waals surface area (Å²) in [7, 11) is 0. The third-order valence-corrected chi connectivity index (χ3v) is 2.87. The molecule has 0 unspecified atom stereocenters. The number of aromatic nitrogens is 1. The van der Waals surface area contributed by atoms with Crippen molar-refractivity contribution in [3.63, 3.8) is 0 Å². The van der Waals surface area contributed by atoms with Crippen LogP contribution in [-0.4, -0.2) is 17.4 Å². The molecule has 0 spiro atoms. The molecule has 0 aliphatic rings. The van der Waals surface area contributed by atoms with Crippen molar-refractivity contribution in [1.29, 1.82) is 0 Å². The van der Waals surface area contributed by atoms with Gasteiger partial charge in [-0.25, -0.2) is 4.98 Å². The molecular formula is C15H11Cl2N3O. The van der Waals surface area contributed by atoms with Gasteiger partial charge in [-0.2, -0.15) is 0 Å². The summed E-state index contributed by atoms with van der Waals surface area (Å²) in [4.78, 5) is 16.3. The van der Waals surface area contributed by atoms with Gasteiger partial charge >= 0.3 is 0 Å². The number of carbonyl (C=O) groups excluding carboxylic acids is 1. The van der Waals surface area contributed by atoms with Crippen LogP contribution in [0.5, 0.6) is 0 Å². The number of nitrogens with one attached hydrogen (secondary N) is 1. The zero-order chi connectivity index (χ0) is 15.2. The van der Waals surface area contributed by atoms with Gasteiger partial charge in [-0.05, 0) is 36.3 Å². The predicted octanol–water partition coefficient (Wildman–Crippen LogP) is 2.95. The van der Waals surface area contributed by atoms with E-state index in [9.17, 15) is 4.79 Å². The van der Waals surface area contributed by atoms with E-state index in [0.717, 1.165) is 0 Å². The monoisotopic (exact) mass is 319 g/mol. The van der Waals surface area contributed by atoms with Crippen molar-refractivity contribution >= 4 is 34.9 Å². The number of hydrogen-bond acceptors (Lipinski definition) is 3. The van der Waals surface area contributed by atoms with Crippen LogP contribution in [0, 0.1) is 11.8 Å². The summed E-state index contributed by atoms with van der Waals surface area (Å²) in [6.07, 6.45) is 0. The minimum atomic E-state index is -0.351. The molecule has 1 heterocycles. The first-order chi connectivity index (χ1) is 10.1. The van der Waals surface area contributed by atoms with Crippen LogP contribution in [-0.2, 0) is 0 Å². The Morgan fingerprint density at radius 2 is 1.95 bits per heavy atom. The molecule has 4 nitrogen and oxygen atoms in total. The smallest absolute Gasteiger partial charge is 0.256 e. The molecule has 0 fully saturated rings. The highest BCUT2D eigenvalue weighted by molar-refractivity contribution is 6.35. The van der Waals surface area contributed by atoms with E-state index in [1.54, 1.807) is 24.3 Å². The fraction of sp³-hybridized carbons (Fsp3) is 0.0667. The largest absolute Gasteiger partial charge is 0.320 e. The fourth-order valence-electron chi connectivity index (χ4n) is 1.59. The SMILES string of the molecule is NCC#Cc1cccc(NC(=O)c2cc(Cl)cc(Cl)c2)n1. The normalized spacial score (nSPS) is 9.67. The van der Waals surface area contributed by atoms with Gasteiger partial charge in [0.2, 0.25) is 0 Å². The van der Waals surface area contributed by atoms with E-state index in [-0.39, 0.29) is 12.5 Å². The molecule has 3 N–H and O–H groups in total. The summed E-state index contributed by atoms with van der Waals surface area (Å²) < 4.78 is 0. The minimum absolute atomic E-state index is 0.249.